The van der Waals surface area contributed by atoms with E-state index in [2.05, 4.69) is 5.32 Å². The highest BCUT2D eigenvalue weighted by molar-refractivity contribution is 7.92. The third-order valence-corrected chi connectivity index (χ3v) is 6.17. The van der Waals surface area contributed by atoms with Gasteiger partial charge in [-0.1, -0.05) is 29.8 Å². The number of anilines is 2. The number of aryl methyl sites for hydroxylation is 1. The van der Waals surface area contributed by atoms with Crippen LogP contribution in [0.3, 0.4) is 0 Å². The quantitative estimate of drug-likeness (QED) is 0.618. The van der Waals surface area contributed by atoms with Gasteiger partial charge in [0, 0.05) is 5.69 Å². The van der Waals surface area contributed by atoms with Gasteiger partial charge in [0.2, 0.25) is 5.91 Å². The van der Waals surface area contributed by atoms with Gasteiger partial charge in [-0.3, -0.25) is 9.10 Å². The van der Waals surface area contributed by atoms with Gasteiger partial charge in [-0.25, -0.2) is 12.8 Å². The zero-order chi connectivity index (χ0) is 21.7. The fourth-order valence-electron chi connectivity index (χ4n) is 2.80. The fraction of sp³-hybridized carbons (Fsp3) is 0.136. The maximum Gasteiger partial charge on any atom is 0.264 e. The van der Waals surface area contributed by atoms with Crippen molar-refractivity contribution in [2.45, 2.75) is 11.8 Å². The van der Waals surface area contributed by atoms with Crippen molar-refractivity contribution in [1.29, 1.82) is 0 Å². The van der Waals surface area contributed by atoms with Crippen molar-refractivity contribution in [2.75, 3.05) is 23.3 Å². The lowest BCUT2D eigenvalue weighted by molar-refractivity contribution is -0.114. The molecule has 0 radical (unpaired) electrons. The van der Waals surface area contributed by atoms with Crippen LogP contribution >= 0.6 is 0 Å². The Morgan fingerprint density at radius 1 is 1.00 bits per heavy atom. The van der Waals surface area contributed by atoms with Crippen LogP contribution in [0.25, 0.3) is 0 Å². The Bertz CT molecular complexity index is 1130. The second-order valence-corrected chi connectivity index (χ2v) is 8.42. The monoisotopic (exact) mass is 428 g/mol. The number of halogens is 1. The Balaban J connectivity index is 1.95. The second-order valence-electron chi connectivity index (χ2n) is 6.55. The van der Waals surface area contributed by atoms with Crippen molar-refractivity contribution in [3.05, 3.63) is 84.2 Å². The molecule has 0 fully saturated rings. The number of para-hydroxylation sites is 1. The zero-order valence-corrected chi connectivity index (χ0v) is 17.3. The number of carbonyl (C=O) groups excluding carboxylic acids is 1. The summed E-state index contributed by atoms with van der Waals surface area (Å²) < 4.78 is 46.8. The standard InChI is InChI=1S/C22H21FN2O4S/c1-16-7-9-17(10-8-16)24-22(26)15-25(21-6-4-3-5-20(21)23)30(27,28)19-13-11-18(29-2)12-14-19/h3-14H,15H2,1-2H3,(H,24,26). The molecule has 8 heteroatoms. The number of ether oxygens (including phenoxy) is 1. The summed E-state index contributed by atoms with van der Waals surface area (Å²) in [5.74, 6) is -0.875. The minimum absolute atomic E-state index is 0.0883. The van der Waals surface area contributed by atoms with Gasteiger partial charge in [0.1, 0.15) is 18.1 Å². The SMILES string of the molecule is COc1ccc(S(=O)(=O)N(CC(=O)Nc2ccc(C)cc2)c2ccccc2F)cc1. The minimum atomic E-state index is -4.22. The molecule has 0 saturated heterocycles. The molecular weight excluding hydrogens is 407 g/mol. The molecule has 0 unspecified atom stereocenters. The second kappa shape index (κ2) is 8.96. The molecule has 1 N–H and O–H groups in total. The Morgan fingerprint density at radius 2 is 1.63 bits per heavy atom. The van der Waals surface area contributed by atoms with Crippen molar-refractivity contribution < 1.29 is 22.3 Å². The van der Waals surface area contributed by atoms with E-state index in [-0.39, 0.29) is 10.6 Å². The van der Waals surface area contributed by atoms with E-state index in [1.807, 2.05) is 19.1 Å². The molecule has 156 valence electrons. The van der Waals surface area contributed by atoms with E-state index in [0.29, 0.717) is 11.4 Å². The van der Waals surface area contributed by atoms with Gasteiger partial charge in [-0.15, -0.1) is 0 Å². The van der Waals surface area contributed by atoms with Crippen LogP contribution in [0.5, 0.6) is 5.75 Å². The van der Waals surface area contributed by atoms with Crippen LogP contribution in [0, 0.1) is 12.7 Å². The van der Waals surface area contributed by atoms with Crippen LogP contribution in [0.4, 0.5) is 15.8 Å². The van der Waals surface area contributed by atoms with Crippen LogP contribution in [-0.4, -0.2) is 28.0 Å². The first-order chi connectivity index (χ1) is 14.3. The van der Waals surface area contributed by atoms with Crippen LogP contribution in [0.1, 0.15) is 5.56 Å². The number of amides is 1. The van der Waals surface area contributed by atoms with Gasteiger partial charge >= 0.3 is 0 Å². The van der Waals surface area contributed by atoms with Crippen LogP contribution in [-0.2, 0) is 14.8 Å². The van der Waals surface area contributed by atoms with Crippen LogP contribution in [0.15, 0.2) is 77.7 Å². The average Bonchev–Trinajstić information content (AvgIpc) is 2.74. The number of hydrogen-bond donors (Lipinski definition) is 1. The van der Waals surface area contributed by atoms with Gasteiger partial charge in [-0.05, 0) is 55.5 Å². The molecule has 3 rings (SSSR count). The third kappa shape index (κ3) is 4.77. The molecule has 6 nitrogen and oxygen atoms in total. The van der Waals surface area contributed by atoms with Crippen LogP contribution in [0.2, 0.25) is 0 Å². The molecule has 0 aromatic heterocycles. The van der Waals surface area contributed by atoms with Crippen molar-refractivity contribution >= 4 is 27.3 Å². The van der Waals surface area contributed by atoms with Crippen molar-refractivity contribution in [3.63, 3.8) is 0 Å². The summed E-state index contributed by atoms with van der Waals surface area (Å²) in [6, 6.07) is 18.1. The lowest BCUT2D eigenvalue weighted by Gasteiger charge is -2.24. The molecule has 3 aromatic rings. The zero-order valence-electron chi connectivity index (χ0n) is 16.5. The lowest BCUT2D eigenvalue weighted by atomic mass is 10.2. The molecule has 30 heavy (non-hydrogen) atoms. The van der Waals surface area contributed by atoms with Gasteiger partial charge in [-0.2, -0.15) is 0 Å². The molecule has 3 aromatic carbocycles. The molecular formula is C22H21FN2O4S. The first kappa shape index (κ1) is 21.3. The number of rotatable bonds is 7. The summed E-state index contributed by atoms with van der Waals surface area (Å²) in [6.07, 6.45) is 0. The van der Waals surface area contributed by atoms with Gasteiger partial charge in [0.05, 0.1) is 17.7 Å². The third-order valence-electron chi connectivity index (χ3n) is 4.39. The molecule has 0 atom stereocenters. The number of carbonyl (C=O) groups is 1. The maximum absolute atomic E-state index is 14.5. The molecule has 0 heterocycles. The highest BCUT2D eigenvalue weighted by Crippen LogP contribution is 2.27. The summed E-state index contributed by atoms with van der Waals surface area (Å²) in [7, 11) is -2.76. The predicted molar refractivity (Wildman–Crippen MR) is 114 cm³/mol. The fourth-order valence-corrected chi connectivity index (χ4v) is 4.23. The molecule has 0 aliphatic heterocycles. The Morgan fingerprint density at radius 3 is 2.23 bits per heavy atom. The van der Waals surface area contributed by atoms with Gasteiger partial charge in [0.15, 0.2) is 0 Å². The topological polar surface area (TPSA) is 75.7 Å². The molecule has 0 bridgehead atoms. The highest BCUT2D eigenvalue weighted by Gasteiger charge is 2.29. The normalized spacial score (nSPS) is 11.0. The Hall–Kier alpha value is -3.39. The van der Waals surface area contributed by atoms with E-state index in [1.54, 1.807) is 12.1 Å². The van der Waals surface area contributed by atoms with Crippen molar-refractivity contribution in [2.24, 2.45) is 0 Å². The maximum atomic E-state index is 14.5. The number of hydrogen-bond acceptors (Lipinski definition) is 4. The van der Waals surface area contributed by atoms with Gasteiger partial charge < -0.3 is 10.1 Å². The smallest absolute Gasteiger partial charge is 0.264 e. The summed E-state index contributed by atoms with van der Waals surface area (Å²) >= 11 is 0. The van der Waals surface area contributed by atoms with E-state index < -0.39 is 28.3 Å². The number of sulfonamides is 1. The molecule has 0 saturated carbocycles. The van der Waals surface area contributed by atoms with Crippen molar-refractivity contribution in [3.8, 4) is 5.75 Å². The largest absolute Gasteiger partial charge is 0.497 e. The highest BCUT2D eigenvalue weighted by atomic mass is 32.2. The summed E-state index contributed by atoms with van der Waals surface area (Å²) in [6.45, 7) is 1.32. The Labute approximate surface area is 175 Å². The van der Waals surface area contributed by atoms with E-state index >= 15 is 0 Å². The molecule has 0 spiro atoms. The number of methoxy groups -OCH3 is 1. The van der Waals surface area contributed by atoms with E-state index in [4.69, 9.17) is 4.74 Å². The van der Waals surface area contributed by atoms with E-state index in [1.165, 1.54) is 49.6 Å². The first-order valence-corrected chi connectivity index (χ1v) is 10.5. The summed E-state index contributed by atoms with van der Waals surface area (Å²) in [4.78, 5) is 12.5. The molecule has 1 amide bonds. The van der Waals surface area contributed by atoms with E-state index in [9.17, 15) is 17.6 Å². The molecule has 0 aliphatic carbocycles. The van der Waals surface area contributed by atoms with Gasteiger partial charge in [0.25, 0.3) is 10.0 Å². The molecule has 0 aliphatic rings. The number of benzene rings is 3. The average molecular weight is 428 g/mol. The summed E-state index contributed by atoms with van der Waals surface area (Å²) in [5.41, 5.74) is 1.32. The van der Waals surface area contributed by atoms with E-state index in [0.717, 1.165) is 15.9 Å². The number of nitrogens with one attached hydrogen (secondary N) is 1. The van der Waals surface area contributed by atoms with Crippen molar-refractivity contribution in [1.82, 2.24) is 0 Å². The summed E-state index contributed by atoms with van der Waals surface area (Å²) in [5, 5.41) is 2.64. The predicted octanol–water partition coefficient (Wildman–Crippen LogP) is 3.98. The van der Waals surface area contributed by atoms with Crippen LogP contribution < -0.4 is 14.4 Å². The first-order valence-electron chi connectivity index (χ1n) is 9.09. The lowest BCUT2D eigenvalue weighted by Crippen LogP contribution is -2.38. The number of nitrogens with zero attached hydrogens (tertiary/aromatic N) is 1. The minimum Gasteiger partial charge on any atom is -0.497 e. The Kier molecular flexibility index (Phi) is 6.37.